The molecule has 0 unspecified atom stereocenters. The lowest BCUT2D eigenvalue weighted by molar-refractivity contribution is -0.175. The molecule has 0 amide bonds. The summed E-state index contributed by atoms with van der Waals surface area (Å²) in [5.41, 5.74) is 0.585. The molecule has 0 fully saturated rings. The molecule has 15 heavy (non-hydrogen) atoms. The third-order valence-corrected chi connectivity index (χ3v) is 2.62. The Kier molecular flexibility index (Phi) is 4.79. The van der Waals surface area contributed by atoms with Gasteiger partial charge in [-0.15, -0.1) is 0 Å². The van der Waals surface area contributed by atoms with E-state index in [4.69, 9.17) is 0 Å². The van der Waals surface area contributed by atoms with E-state index in [1.54, 1.807) is 12.1 Å². The average molecular weight is 208 g/mol. The molecule has 1 rings (SSSR count). The standard InChI is InChI=1S/C13H20O2/c1-2-3-4-8-11-13(14,15)12-9-6-5-7-10-12/h5-7,9-10,14-15H,2-4,8,11H2,1H3. The van der Waals surface area contributed by atoms with Gasteiger partial charge in [0.2, 0.25) is 0 Å². The second kappa shape index (κ2) is 5.89. The monoisotopic (exact) mass is 208 g/mol. The van der Waals surface area contributed by atoms with Gasteiger partial charge in [0.1, 0.15) is 0 Å². The minimum atomic E-state index is -1.66. The summed E-state index contributed by atoms with van der Waals surface area (Å²) in [5.74, 6) is -1.66. The summed E-state index contributed by atoms with van der Waals surface area (Å²) >= 11 is 0. The van der Waals surface area contributed by atoms with E-state index < -0.39 is 5.79 Å². The van der Waals surface area contributed by atoms with Gasteiger partial charge in [0.25, 0.3) is 0 Å². The van der Waals surface area contributed by atoms with E-state index in [0.717, 1.165) is 25.7 Å². The van der Waals surface area contributed by atoms with Crippen LogP contribution < -0.4 is 0 Å². The Hall–Kier alpha value is -0.860. The lowest BCUT2D eigenvalue weighted by Crippen LogP contribution is -2.24. The highest BCUT2D eigenvalue weighted by atomic mass is 16.5. The van der Waals surface area contributed by atoms with Crippen LogP contribution in [0, 0.1) is 0 Å². The lowest BCUT2D eigenvalue weighted by Gasteiger charge is -2.22. The van der Waals surface area contributed by atoms with Gasteiger partial charge in [0.05, 0.1) is 0 Å². The molecule has 0 spiro atoms. The maximum atomic E-state index is 9.84. The summed E-state index contributed by atoms with van der Waals surface area (Å²) in [6.07, 6.45) is 4.65. The molecule has 0 bridgehead atoms. The summed E-state index contributed by atoms with van der Waals surface area (Å²) in [4.78, 5) is 0. The van der Waals surface area contributed by atoms with Crippen molar-refractivity contribution >= 4 is 0 Å². The van der Waals surface area contributed by atoms with Crippen LogP contribution in [0.3, 0.4) is 0 Å². The summed E-state index contributed by atoms with van der Waals surface area (Å²) in [6.45, 7) is 2.14. The Morgan fingerprint density at radius 2 is 1.67 bits per heavy atom. The SMILES string of the molecule is CCCCCCC(O)(O)c1ccccc1. The Bertz CT molecular complexity index is 267. The molecular formula is C13H20O2. The molecule has 0 aliphatic heterocycles. The van der Waals surface area contributed by atoms with Crippen molar-refractivity contribution < 1.29 is 10.2 Å². The van der Waals surface area contributed by atoms with Crippen LogP contribution in [0.15, 0.2) is 30.3 Å². The summed E-state index contributed by atoms with van der Waals surface area (Å²) in [6, 6.07) is 9.02. The summed E-state index contributed by atoms with van der Waals surface area (Å²) in [7, 11) is 0. The predicted octanol–water partition coefficient (Wildman–Crippen LogP) is 2.79. The van der Waals surface area contributed by atoms with Crippen LogP contribution in [0.25, 0.3) is 0 Å². The molecule has 0 heterocycles. The molecule has 0 aromatic heterocycles. The molecule has 1 aromatic rings. The van der Waals surface area contributed by atoms with Gasteiger partial charge in [-0.1, -0.05) is 56.5 Å². The zero-order valence-corrected chi connectivity index (χ0v) is 9.32. The number of unbranched alkanes of at least 4 members (excludes halogenated alkanes) is 3. The third-order valence-electron chi connectivity index (χ3n) is 2.62. The molecule has 2 nitrogen and oxygen atoms in total. The molecule has 1 aromatic carbocycles. The molecule has 0 atom stereocenters. The molecule has 2 heteroatoms. The molecule has 2 N–H and O–H groups in total. The van der Waals surface area contributed by atoms with Gasteiger partial charge in [-0.05, 0) is 6.42 Å². The number of aliphatic hydroxyl groups is 2. The normalized spacial score (nSPS) is 11.7. The molecule has 0 saturated heterocycles. The Morgan fingerprint density at radius 1 is 1.00 bits per heavy atom. The van der Waals surface area contributed by atoms with E-state index in [1.807, 2.05) is 18.2 Å². The van der Waals surface area contributed by atoms with E-state index in [-0.39, 0.29) is 0 Å². The highest BCUT2D eigenvalue weighted by Gasteiger charge is 2.24. The van der Waals surface area contributed by atoms with Crippen LogP contribution in [0.1, 0.15) is 44.6 Å². The molecule has 0 aliphatic carbocycles. The third kappa shape index (κ3) is 4.02. The second-order valence-corrected chi connectivity index (χ2v) is 3.99. The van der Waals surface area contributed by atoms with Gasteiger partial charge in [0, 0.05) is 12.0 Å². The largest absolute Gasteiger partial charge is 0.362 e. The zero-order chi connectivity index (χ0) is 11.1. The second-order valence-electron chi connectivity index (χ2n) is 3.99. The first-order valence-electron chi connectivity index (χ1n) is 5.67. The quantitative estimate of drug-likeness (QED) is 0.557. The van der Waals surface area contributed by atoms with Crippen LogP contribution in [0.5, 0.6) is 0 Å². The van der Waals surface area contributed by atoms with Gasteiger partial charge in [-0.2, -0.15) is 0 Å². The molecule has 84 valence electrons. The van der Waals surface area contributed by atoms with Gasteiger partial charge in [-0.25, -0.2) is 0 Å². The highest BCUT2D eigenvalue weighted by Crippen LogP contribution is 2.24. The summed E-state index contributed by atoms with van der Waals surface area (Å²) < 4.78 is 0. The Morgan fingerprint density at radius 3 is 2.27 bits per heavy atom. The molecular weight excluding hydrogens is 188 g/mol. The van der Waals surface area contributed by atoms with E-state index in [1.165, 1.54) is 0 Å². The highest BCUT2D eigenvalue weighted by molar-refractivity contribution is 5.19. The van der Waals surface area contributed by atoms with E-state index in [0.29, 0.717) is 12.0 Å². The zero-order valence-electron chi connectivity index (χ0n) is 9.32. The first-order chi connectivity index (χ1) is 7.17. The number of rotatable bonds is 6. The van der Waals surface area contributed by atoms with Gasteiger partial charge < -0.3 is 10.2 Å². The van der Waals surface area contributed by atoms with E-state index >= 15 is 0 Å². The van der Waals surface area contributed by atoms with Gasteiger partial charge in [0.15, 0.2) is 5.79 Å². The minimum Gasteiger partial charge on any atom is -0.362 e. The molecule has 0 saturated carbocycles. The van der Waals surface area contributed by atoms with Crippen LogP contribution in [-0.2, 0) is 5.79 Å². The molecule has 0 aliphatic rings. The maximum Gasteiger partial charge on any atom is 0.189 e. The average Bonchev–Trinajstić information content (AvgIpc) is 2.26. The van der Waals surface area contributed by atoms with Gasteiger partial charge >= 0.3 is 0 Å². The fraction of sp³-hybridized carbons (Fsp3) is 0.538. The minimum absolute atomic E-state index is 0.414. The van der Waals surface area contributed by atoms with Crippen LogP contribution in [-0.4, -0.2) is 10.2 Å². The van der Waals surface area contributed by atoms with Crippen molar-refractivity contribution in [2.75, 3.05) is 0 Å². The van der Waals surface area contributed by atoms with Crippen LogP contribution >= 0.6 is 0 Å². The maximum absolute atomic E-state index is 9.84. The van der Waals surface area contributed by atoms with Crippen molar-refractivity contribution in [3.8, 4) is 0 Å². The van der Waals surface area contributed by atoms with Crippen molar-refractivity contribution in [2.45, 2.75) is 44.8 Å². The van der Waals surface area contributed by atoms with Crippen molar-refractivity contribution in [3.05, 3.63) is 35.9 Å². The van der Waals surface area contributed by atoms with Crippen molar-refractivity contribution in [1.29, 1.82) is 0 Å². The smallest absolute Gasteiger partial charge is 0.189 e. The fourth-order valence-electron chi connectivity index (χ4n) is 1.65. The summed E-state index contributed by atoms with van der Waals surface area (Å²) in [5, 5.41) is 19.7. The number of hydrogen-bond donors (Lipinski definition) is 2. The first kappa shape index (κ1) is 12.2. The first-order valence-corrected chi connectivity index (χ1v) is 5.67. The Balaban J connectivity index is 2.45. The predicted molar refractivity (Wildman–Crippen MR) is 61.3 cm³/mol. The van der Waals surface area contributed by atoms with Crippen LogP contribution in [0.4, 0.5) is 0 Å². The molecule has 0 radical (unpaired) electrons. The fourth-order valence-corrected chi connectivity index (χ4v) is 1.65. The van der Waals surface area contributed by atoms with E-state index in [2.05, 4.69) is 6.92 Å². The lowest BCUT2D eigenvalue weighted by atomic mass is 9.99. The number of benzene rings is 1. The topological polar surface area (TPSA) is 40.5 Å². The van der Waals surface area contributed by atoms with Crippen molar-refractivity contribution in [2.24, 2.45) is 0 Å². The number of hydrogen-bond acceptors (Lipinski definition) is 2. The van der Waals surface area contributed by atoms with Gasteiger partial charge in [-0.3, -0.25) is 0 Å². The van der Waals surface area contributed by atoms with Crippen LogP contribution in [0.2, 0.25) is 0 Å². The Labute approximate surface area is 91.6 Å². The van der Waals surface area contributed by atoms with E-state index in [9.17, 15) is 10.2 Å². The van der Waals surface area contributed by atoms with Crippen molar-refractivity contribution in [1.82, 2.24) is 0 Å². The van der Waals surface area contributed by atoms with Crippen molar-refractivity contribution in [3.63, 3.8) is 0 Å².